The number of fused-ring (bicyclic) bond motifs is 1. The Labute approximate surface area is 166 Å². The number of amides is 1. The number of H-pyrrole nitrogens is 1. The maximum absolute atomic E-state index is 12.5. The Morgan fingerprint density at radius 2 is 2.04 bits per heavy atom. The second-order valence-electron chi connectivity index (χ2n) is 6.38. The minimum atomic E-state index is -0.426. The predicted molar refractivity (Wildman–Crippen MR) is 108 cm³/mol. The molecule has 0 saturated heterocycles. The number of non-ortho nitro benzene ring substituents is 1. The Kier molecular flexibility index (Phi) is 6.28. The molecule has 7 nitrogen and oxygen atoms in total. The summed E-state index contributed by atoms with van der Waals surface area (Å²) in [7, 11) is 1.57. The van der Waals surface area contributed by atoms with Gasteiger partial charge in [-0.2, -0.15) is 0 Å². The summed E-state index contributed by atoms with van der Waals surface area (Å²) >= 11 is 6.01. The first-order valence-electron chi connectivity index (χ1n) is 8.76. The molecule has 3 rings (SSSR count). The van der Waals surface area contributed by atoms with Crippen molar-refractivity contribution in [3.05, 3.63) is 74.9 Å². The molecule has 0 bridgehead atoms. The van der Waals surface area contributed by atoms with Crippen LogP contribution in [0.4, 0.5) is 5.69 Å². The van der Waals surface area contributed by atoms with E-state index in [1.807, 2.05) is 12.1 Å². The summed E-state index contributed by atoms with van der Waals surface area (Å²) < 4.78 is 4.96. The van der Waals surface area contributed by atoms with Gasteiger partial charge in [-0.1, -0.05) is 23.7 Å². The van der Waals surface area contributed by atoms with Gasteiger partial charge >= 0.3 is 0 Å². The fourth-order valence-electron chi connectivity index (χ4n) is 3.18. The first-order chi connectivity index (χ1) is 13.5. The summed E-state index contributed by atoms with van der Waals surface area (Å²) in [6, 6.07) is 11.9. The number of hydrogen-bond donors (Lipinski definition) is 2. The maximum Gasteiger partial charge on any atom is 0.270 e. The van der Waals surface area contributed by atoms with Crippen molar-refractivity contribution >= 4 is 34.1 Å². The van der Waals surface area contributed by atoms with Crippen molar-refractivity contribution in [2.45, 2.75) is 12.3 Å². The normalized spacial score (nSPS) is 12.1. The van der Waals surface area contributed by atoms with Crippen LogP contribution in [-0.4, -0.2) is 36.1 Å². The molecule has 8 heteroatoms. The number of ether oxygens (including phenoxy) is 1. The number of halogens is 1. The summed E-state index contributed by atoms with van der Waals surface area (Å²) in [5.74, 6) is -0.410. The fourth-order valence-corrected chi connectivity index (χ4v) is 3.31. The zero-order valence-corrected chi connectivity index (χ0v) is 16.0. The zero-order valence-electron chi connectivity index (χ0n) is 15.3. The lowest BCUT2D eigenvalue weighted by Crippen LogP contribution is -2.28. The van der Waals surface area contributed by atoms with E-state index in [9.17, 15) is 14.9 Å². The number of methoxy groups -OCH3 is 1. The van der Waals surface area contributed by atoms with Crippen LogP contribution in [0.5, 0.6) is 0 Å². The minimum Gasteiger partial charge on any atom is -0.383 e. The third-order valence-corrected chi connectivity index (χ3v) is 4.83. The van der Waals surface area contributed by atoms with Gasteiger partial charge < -0.3 is 15.0 Å². The van der Waals surface area contributed by atoms with E-state index in [0.29, 0.717) is 18.2 Å². The van der Waals surface area contributed by atoms with E-state index in [2.05, 4.69) is 10.3 Å². The fraction of sp³-hybridized carbons (Fsp3) is 0.250. The van der Waals surface area contributed by atoms with E-state index in [1.165, 1.54) is 12.1 Å². The molecule has 0 radical (unpaired) electrons. The Hall–Kier alpha value is -2.90. The molecule has 3 aromatic rings. The van der Waals surface area contributed by atoms with Crippen LogP contribution in [0.1, 0.15) is 23.5 Å². The second-order valence-corrected chi connectivity index (χ2v) is 6.82. The van der Waals surface area contributed by atoms with Gasteiger partial charge in [0.15, 0.2) is 0 Å². The van der Waals surface area contributed by atoms with Gasteiger partial charge in [0.1, 0.15) is 0 Å². The van der Waals surface area contributed by atoms with E-state index in [4.69, 9.17) is 16.3 Å². The molecule has 0 saturated carbocycles. The molecule has 1 aromatic heterocycles. The molecular formula is C20H20ClN3O4. The predicted octanol–water partition coefficient (Wildman–Crippen LogP) is 4.01. The van der Waals surface area contributed by atoms with Gasteiger partial charge in [-0.3, -0.25) is 14.9 Å². The number of aromatic nitrogens is 1. The molecule has 1 amide bonds. The lowest BCUT2D eigenvalue weighted by atomic mass is 9.88. The third-order valence-electron chi connectivity index (χ3n) is 4.57. The minimum absolute atomic E-state index is 0.00718. The van der Waals surface area contributed by atoms with Crippen molar-refractivity contribution < 1.29 is 14.5 Å². The topological polar surface area (TPSA) is 97.3 Å². The van der Waals surface area contributed by atoms with Crippen molar-refractivity contribution in [2.24, 2.45) is 0 Å². The highest BCUT2D eigenvalue weighted by atomic mass is 35.5. The van der Waals surface area contributed by atoms with E-state index in [1.54, 1.807) is 31.5 Å². The number of benzene rings is 2. The van der Waals surface area contributed by atoms with Crippen LogP contribution in [0.2, 0.25) is 5.02 Å². The van der Waals surface area contributed by atoms with E-state index in [-0.39, 0.29) is 23.9 Å². The average molecular weight is 402 g/mol. The molecule has 0 fully saturated rings. The van der Waals surface area contributed by atoms with Crippen molar-refractivity contribution in [3.63, 3.8) is 0 Å². The second kappa shape index (κ2) is 8.86. The first-order valence-corrected chi connectivity index (χ1v) is 9.14. The average Bonchev–Trinajstić information content (AvgIpc) is 3.10. The maximum atomic E-state index is 12.5. The molecule has 146 valence electrons. The van der Waals surface area contributed by atoms with E-state index < -0.39 is 4.92 Å². The van der Waals surface area contributed by atoms with Gasteiger partial charge in [0, 0.05) is 60.2 Å². The number of nitrogens with zero attached hydrogens (tertiary/aromatic N) is 1. The highest BCUT2D eigenvalue weighted by molar-refractivity contribution is 6.30. The monoisotopic (exact) mass is 401 g/mol. The molecule has 2 aromatic carbocycles. The zero-order chi connectivity index (χ0) is 20.1. The number of rotatable bonds is 8. The number of nitro groups is 1. The van der Waals surface area contributed by atoms with E-state index >= 15 is 0 Å². The molecule has 2 N–H and O–H groups in total. The lowest BCUT2D eigenvalue weighted by molar-refractivity contribution is -0.384. The Balaban J connectivity index is 1.99. The molecular weight excluding hydrogens is 382 g/mol. The molecule has 0 aliphatic heterocycles. The van der Waals surface area contributed by atoms with Crippen LogP contribution in [-0.2, 0) is 9.53 Å². The smallest absolute Gasteiger partial charge is 0.270 e. The van der Waals surface area contributed by atoms with Gasteiger partial charge in [-0.05, 0) is 29.3 Å². The van der Waals surface area contributed by atoms with E-state index in [0.717, 1.165) is 22.0 Å². The SMILES string of the molecule is COCCNC(=O)CC(c1ccc(Cl)cc1)c1c[nH]c2ccc([N+](=O)[O-])cc12. The number of carbonyl (C=O) groups is 1. The Bertz CT molecular complexity index is 985. The number of nitrogens with one attached hydrogen (secondary N) is 2. The van der Waals surface area contributed by atoms with Crippen LogP contribution in [0.25, 0.3) is 10.9 Å². The first kappa shape index (κ1) is 19.9. The van der Waals surface area contributed by atoms with Crippen LogP contribution in [0.3, 0.4) is 0 Å². The third kappa shape index (κ3) is 4.49. The number of carbonyl (C=O) groups excluding carboxylic acids is 1. The summed E-state index contributed by atoms with van der Waals surface area (Å²) in [5, 5.41) is 15.3. The molecule has 28 heavy (non-hydrogen) atoms. The molecule has 1 unspecified atom stereocenters. The molecule has 1 atom stereocenters. The van der Waals surface area contributed by atoms with Crippen LogP contribution < -0.4 is 5.32 Å². The Morgan fingerprint density at radius 1 is 1.29 bits per heavy atom. The van der Waals surface area contributed by atoms with Crippen molar-refractivity contribution in [2.75, 3.05) is 20.3 Å². The van der Waals surface area contributed by atoms with Crippen molar-refractivity contribution in [1.82, 2.24) is 10.3 Å². The van der Waals surface area contributed by atoms with Crippen LogP contribution in [0.15, 0.2) is 48.7 Å². The summed E-state index contributed by atoms with van der Waals surface area (Å²) in [5.41, 5.74) is 2.51. The largest absolute Gasteiger partial charge is 0.383 e. The standard InChI is InChI=1S/C20H20ClN3O4/c1-28-9-8-22-20(25)11-16(13-2-4-14(21)5-3-13)18-12-23-19-7-6-15(24(26)27)10-17(18)19/h2-7,10,12,16,23H,8-9,11H2,1H3,(H,22,25). The molecule has 0 aliphatic carbocycles. The Morgan fingerprint density at radius 3 is 2.71 bits per heavy atom. The van der Waals surface area contributed by atoms with Gasteiger partial charge in [0.05, 0.1) is 11.5 Å². The van der Waals surface area contributed by atoms with Gasteiger partial charge in [0.25, 0.3) is 5.69 Å². The number of hydrogen-bond acceptors (Lipinski definition) is 4. The molecule has 0 spiro atoms. The van der Waals surface area contributed by atoms with Crippen LogP contribution in [0, 0.1) is 10.1 Å². The highest BCUT2D eigenvalue weighted by Gasteiger charge is 2.22. The summed E-state index contributed by atoms with van der Waals surface area (Å²) in [6.07, 6.45) is 2.00. The quantitative estimate of drug-likeness (QED) is 0.338. The van der Waals surface area contributed by atoms with Crippen molar-refractivity contribution in [3.8, 4) is 0 Å². The number of aromatic amines is 1. The van der Waals surface area contributed by atoms with Gasteiger partial charge in [-0.15, -0.1) is 0 Å². The molecule has 0 aliphatic rings. The highest BCUT2D eigenvalue weighted by Crippen LogP contribution is 2.35. The lowest BCUT2D eigenvalue weighted by Gasteiger charge is -2.17. The molecule has 1 heterocycles. The number of nitro benzene ring substituents is 1. The van der Waals surface area contributed by atoms with Crippen LogP contribution >= 0.6 is 11.6 Å². The summed E-state index contributed by atoms with van der Waals surface area (Å²) in [6.45, 7) is 0.846. The van der Waals surface area contributed by atoms with Gasteiger partial charge in [0.2, 0.25) is 5.91 Å². The van der Waals surface area contributed by atoms with Gasteiger partial charge in [-0.25, -0.2) is 0 Å². The van der Waals surface area contributed by atoms with Crippen molar-refractivity contribution in [1.29, 1.82) is 0 Å². The summed E-state index contributed by atoms with van der Waals surface area (Å²) in [4.78, 5) is 26.4.